The average molecular weight is 1410 g/mol. The predicted octanol–water partition coefficient (Wildman–Crippen LogP) is 18.0. The van der Waals surface area contributed by atoms with Crippen molar-refractivity contribution in [1.82, 2.24) is 44.3 Å². The number of aromatic carboxylic acids is 3. The number of benzene rings is 9. The maximum absolute atomic E-state index is 15.6. The number of aromatic nitrogens is 9. The number of halogens is 4. The van der Waals surface area contributed by atoms with Crippen molar-refractivity contribution in [2.75, 3.05) is 26.4 Å². The van der Waals surface area contributed by atoms with E-state index in [9.17, 15) is 42.9 Å². The van der Waals surface area contributed by atoms with Gasteiger partial charge in [-0.3, -0.25) is 15.3 Å². The second-order valence-electron chi connectivity index (χ2n) is 27.8. The zero-order chi connectivity index (χ0) is 72.2. The Labute approximate surface area is 596 Å². The van der Waals surface area contributed by atoms with Crippen molar-refractivity contribution in [1.29, 1.82) is 0 Å². The van der Waals surface area contributed by atoms with E-state index in [-0.39, 0.29) is 57.7 Å². The van der Waals surface area contributed by atoms with Crippen LogP contribution in [-0.4, -0.2) is 116 Å². The predicted molar refractivity (Wildman–Crippen MR) is 391 cm³/mol. The number of ether oxygens (including phenoxy) is 3. The van der Waals surface area contributed by atoms with Gasteiger partial charge in [-0.1, -0.05) is 44.2 Å². The fourth-order valence-electron chi connectivity index (χ4n) is 16.2. The smallest absolute Gasteiger partial charge is 0.335 e. The van der Waals surface area contributed by atoms with E-state index in [1.54, 1.807) is 60.9 Å². The molecular formula is C83H67F4N9O9. The number of hydrogen-bond donors (Lipinski definition) is 6. The van der Waals surface area contributed by atoms with Crippen LogP contribution in [0.25, 0.3) is 116 Å². The molecule has 4 fully saturated rings. The summed E-state index contributed by atoms with van der Waals surface area (Å²) in [5.41, 5.74) is 15.7. The Kier molecular flexibility index (Phi) is 16.5. The number of aromatic amines is 3. The van der Waals surface area contributed by atoms with Crippen LogP contribution in [0.4, 0.5) is 17.6 Å². The Morgan fingerprint density at radius 2 is 0.829 bits per heavy atom. The topological polar surface area (TPSA) is 240 Å². The van der Waals surface area contributed by atoms with E-state index in [0.717, 1.165) is 161 Å². The average Bonchev–Trinajstić information content (AvgIpc) is 1.57. The molecule has 19 rings (SSSR count). The van der Waals surface area contributed by atoms with Gasteiger partial charge < -0.3 is 43.2 Å². The van der Waals surface area contributed by atoms with Crippen LogP contribution < -0.4 is 0 Å². The lowest BCUT2D eigenvalue weighted by Gasteiger charge is -2.42. The summed E-state index contributed by atoms with van der Waals surface area (Å²) < 4.78 is 81.3. The molecule has 10 heterocycles. The van der Waals surface area contributed by atoms with E-state index in [1.807, 2.05) is 59.3 Å². The molecule has 526 valence electrons. The van der Waals surface area contributed by atoms with Crippen LogP contribution in [0, 0.1) is 23.3 Å². The minimum atomic E-state index is -1.19. The summed E-state index contributed by atoms with van der Waals surface area (Å²) in [5.74, 6) is -4.39. The number of H-pyrrole nitrogens is 3. The van der Waals surface area contributed by atoms with Crippen molar-refractivity contribution in [3.8, 4) is 50.4 Å². The molecule has 0 saturated carbocycles. The van der Waals surface area contributed by atoms with Crippen molar-refractivity contribution < 1.29 is 61.5 Å². The van der Waals surface area contributed by atoms with Crippen LogP contribution in [0.1, 0.15) is 106 Å². The fourth-order valence-corrected chi connectivity index (χ4v) is 16.2. The zero-order valence-electron chi connectivity index (χ0n) is 56.8. The van der Waals surface area contributed by atoms with E-state index in [4.69, 9.17) is 14.2 Å². The summed E-state index contributed by atoms with van der Waals surface area (Å²) in [5, 5.41) is 55.6. The highest BCUT2D eigenvalue weighted by molar-refractivity contribution is 6.09. The van der Waals surface area contributed by atoms with Gasteiger partial charge >= 0.3 is 17.9 Å². The number of carboxylic acids is 3. The second kappa shape index (κ2) is 26.1. The lowest BCUT2D eigenvalue weighted by Crippen LogP contribution is -2.47. The molecule has 0 aliphatic carbocycles. The fraction of sp³-hybridized carbons (Fsp3) is 0.205. The van der Waals surface area contributed by atoms with E-state index in [1.165, 1.54) is 54.2 Å². The molecule has 4 aliphatic heterocycles. The van der Waals surface area contributed by atoms with Gasteiger partial charge in [0.1, 0.15) is 23.3 Å². The molecule has 6 aromatic heterocycles. The molecule has 2 bridgehead atoms. The van der Waals surface area contributed by atoms with Crippen LogP contribution >= 0.6 is 0 Å². The Morgan fingerprint density at radius 3 is 1.22 bits per heavy atom. The summed E-state index contributed by atoms with van der Waals surface area (Å²) in [7, 11) is 0. The van der Waals surface area contributed by atoms with Gasteiger partial charge in [-0.25, -0.2) is 31.9 Å². The second-order valence-corrected chi connectivity index (χ2v) is 27.8. The molecule has 15 aromatic rings. The summed E-state index contributed by atoms with van der Waals surface area (Å²) in [6.07, 6.45) is 11.4. The van der Waals surface area contributed by atoms with Gasteiger partial charge in [-0.15, -0.1) is 0 Å². The maximum Gasteiger partial charge on any atom is 0.335 e. The highest BCUT2D eigenvalue weighted by atomic mass is 19.1. The number of hydrogen-bond acceptors (Lipinski definition) is 9. The van der Waals surface area contributed by atoms with E-state index >= 15 is 4.39 Å². The third kappa shape index (κ3) is 11.4. The first-order valence-electron chi connectivity index (χ1n) is 34.8. The normalized spacial score (nSPS) is 17.2. The quantitative estimate of drug-likeness (QED) is 0.0557. The van der Waals surface area contributed by atoms with Gasteiger partial charge in [0.15, 0.2) is 0 Å². The Morgan fingerprint density at radius 1 is 0.457 bits per heavy atom. The number of fused-ring (bicyclic) bond motifs is 8. The molecule has 4 aliphatic rings. The standard InChI is InChI=1S/C29H24FN3O3.C27H21F2N3O3.C27H22FN3O3/c30-20-5-7-21(8-6-20)33-26-13-19-15-31-32-25(19)14-24(26)27(16-1-3-17(4-2-16)29(34)35)28(33)18-11-22-9-10-23(12-18)36-22;1-2-27(13-35-14-27)25-24(19-8-3-15(26(33)34)9-21(19)29)20-11-22-16(12-30-31-22)10-23(20)32(25)18-6-4-17(28)5-7-18;1-2-27(14-34-15-27)25-24(16-3-5-17(6-4-16)26(32)33)21-12-22-18(13-29-30-22)11-23(21)31(25)20-9-7-19(28)8-10-20/h1-8,13-15,18,22-23H,9-12H2,(H,31,32)(H,34,35);3-12H,2,13-14H2,1H3,(H,30,31)(H,33,34);3-13H,2,14-15H2,1H3,(H,29,30)(H,32,33). The third-order valence-corrected chi connectivity index (χ3v) is 21.7. The highest BCUT2D eigenvalue weighted by Crippen LogP contribution is 2.52. The van der Waals surface area contributed by atoms with Crippen LogP contribution in [0.2, 0.25) is 0 Å². The number of nitrogens with one attached hydrogen (secondary N) is 3. The first-order valence-corrected chi connectivity index (χ1v) is 34.8. The van der Waals surface area contributed by atoms with E-state index in [0.29, 0.717) is 37.6 Å². The molecule has 0 amide bonds. The molecule has 0 spiro atoms. The lowest BCUT2D eigenvalue weighted by atomic mass is 9.76. The van der Waals surface area contributed by atoms with Crippen LogP contribution in [-0.2, 0) is 25.0 Å². The Hall–Kier alpha value is -12.0. The molecule has 0 radical (unpaired) electrons. The van der Waals surface area contributed by atoms with Crippen molar-refractivity contribution in [3.05, 3.63) is 252 Å². The van der Waals surface area contributed by atoms with Crippen molar-refractivity contribution >= 4 is 83.3 Å². The molecule has 22 heteroatoms. The number of carboxylic acid groups (broad SMARTS) is 3. The van der Waals surface area contributed by atoms with Gasteiger partial charge in [-0.2, -0.15) is 15.3 Å². The first-order chi connectivity index (χ1) is 51.0. The lowest BCUT2D eigenvalue weighted by molar-refractivity contribution is -0.0644. The third-order valence-electron chi connectivity index (χ3n) is 21.7. The van der Waals surface area contributed by atoms with Crippen LogP contribution in [0.5, 0.6) is 0 Å². The number of rotatable bonds is 14. The number of nitrogens with zero attached hydrogens (tertiary/aromatic N) is 6. The summed E-state index contributed by atoms with van der Waals surface area (Å²) in [6.45, 7) is 6.31. The summed E-state index contributed by atoms with van der Waals surface area (Å²) in [6, 6.07) is 49.8. The highest BCUT2D eigenvalue weighted by Gasteiger charge is 2.47. The SMILES string of the molecule is CCC1(c2c(-c3ccc(C(=O)O)cc3)c3cc4[nH]ncc4cc3n2-c2ccc(F)cc2)COC1.CCC1(c2c(-c3ccc(C(=O)O)cc3F)c3cc4[nH]ncc4cc3n2-c2ccc(F)cc2)COC1.O=C(O)c1ccc(-c2c(C3CC4CCC(C3)O4)n(-c3ccc(F)cc3)c3cc4cn[nH]c4cc23)cc1. The molecule has 2 atom stereocenters. The zero-order valence-corrected chi connectivity index (χ0v) is 56.8. The molecular weight excluding hydrogens is 1340 g/mol. The van der Waals surface area contributed by atoms with Gasteiger partial charge in [-0.05, 0) is 195 Å². The molecule has 4 saturated heterocycles. The van der Waals surface area contributed by atoms with Crippen LogP contribution in [0.15, 0.2) is 195 Å². The van der Waals surface area contributed by atoms with Gasteiger partial charge in [0.2, 0.25) is 0 Å². The van der Waals surface area contributed by atoms with Crippen LogP contribution in [0.3, 0.4) is 0 Å². The minimum absolute atomic E-state index is 0.122. The van der Waals surface area contributed by atoms with E-state index in [2.05, 4.69) is 77.8 Å². The summed E-state index contributed by atoms with van der Waals surface area (Å²) in [4.78, 5) is 34.4. The van der Waals surface area contributed by atoms with Gasteiger partial charge in [0.25, 0.3) is 0 Å². The summed E-state index contributed by atoms with van der Waals surface area (Å²) >= 11 is 0. The first kappa shape index (κ1) is 66.3. The van der Waals surface area contributed by atoms with Gasteiger partial charge in [0.05, 0.1) is 118 Å². The van der Waals surface area contributed by atoms with Crippen molar-refractivity contribution in [2.24, 2.45) is 0 Å². The molecule has 9 aromatic carbocycles. The van der Waals surface area contributed by atoms with E-state index < -0.39 is 29.1 Å². The minimum Gasteiger partial charge on any atom is -0.478 e. The molecule has 18 nitrogen and oxygen atoms in total. The molecule has 6 N–H and O–H groups in total. The van der Waals surface area contributed by atoms with Crippen molar-refractivity contribution in [3.63, 3.8) is 0 Å². The molecule has 2 unspecified atom stereocenters. The monoisotopic (exact) mass is 1410 g/mol. The van der Waals surface area contributed by atoms with Gasteiger partial charge in [0, 0.05) is 94.6 Å². The van der Waals surface area contributed by atoms with Crippen molar-refractivity contribution in [2.45, 2.75) is 81.3 Å². The Balaban J connectivity index is 0.000000116. The molecule has 105 heavy (non-hydrogen) atoms. The maximum atomic E-state index is 15.6. The Bertz CT molecular complexity index is 5910. The number of carbonyl (C=O) groups is 3. The largest absolute Gasteiger partial charge is 0.478 e.